The molecule has 0 radical (unpaired) electrons. The zero-order chi connectivity index (χ0) is 25.4. The lowest BCUT2D eigenvalue weighted by atomic mass is 9.75. The van der Waals surface area contributed by atoms with Crippen molar-refractivity contribution >= 4 is 32.9 Å². The van der Waals surface area contributed by atoms with Crippen LogP contribution in [0.15, 0.2) is 11.6 Å². The van der Waals surface area contributed by atoms with E-state index in [0.717, 1.165) is 31.3 Å². The molecule has 8 heteroatoms. The fraction of sp³-hybridized carbons (Fsp3) is 0.667. The van der Waals surface area contributed by atoms with Crippen molar-refractivity contribution < 1.29 is 23.1 Å². The number of aromatic carboxylic acids is 1. The lowest BCUT2D eigenvalue weighted by Crippen LogP contribution is -2.43. The second-order valence-electron chi connectivity index (χ2n) is 11.2. The monoisotopic (exact) mass is 519 g/mol. The maximum atomic E-state index is 13.4. The molecule has 3 aliphatic rings. The van der Waals surface area contributed by atoms with Gasteiger partial charge >= 0.3 is 5.97 Å². The molecule has 1 N–H and O–H groups in total. The van der Waals surface area contributed by atoms with Gasteiger partial charge in [-0.3, -0.25) is 0 Å². The van der Waals surface area contributed by atoms with Crippen molar-refractivity contribution in [2.45, 2.75) is 71.5 Å². The van der Waals surface area contributed by atoms with Gasteiger partial charge in [0.2, 0.25) is 10.0 Å². The number of ether oxygens (including phenoxy) is 1. The summed E-state index contributed by atoms with van der Waals surface area (Å²) < 4.78 is 33.8. The van der Waals surface area contributed by atoms with E-state index in [0.29, 0.717) is 48.3 Å². The first-order chi connectivity index (χ1) is 16.5. The van der Waals surface area contributed by atoms with Gasteiger partial charge in [-0.1, -0.05) is 37.2 Å². The van der Waals surface area contributed by atoms with Crippen molar-refractivity contribution in [1.29, 1.82) is 0 Å². The van der Waals surface area contributed by atoms with Crippen molar-refractivity contribution in [2.24, 2.45) is 17.3 Å². The molecule has 0 amide bonds. The predicted octanol–water partition coefficient (Wildman–Crippen LogP) is 5.25. The van der Waals surface area contributed by atoms with Crippen LogP contribution in [0.2, 0.25) is 0 Å². The Morgan fingerprint density at radius 2 is 1.91 bits per heavy atom. The van der Waals surface area contributed by atoms with Gasteiger partial charge in [0.15, 0.2) is 0 Å². The lowest BCUT2D eigenvalue weighted by molar-refractivity contribution is 0.0702. The third kappa shape index (κ3) is 6.02. The van der Waals surface area contributed by atoms with Gasteiger partial charge in [-0.15, -0.1) is 11.3 Å². The third-order valence-electron chi connectivity index (χ3n) is 7.34. The average Bonchev–Trinajstić information content (AvgIpc) is 3.48. The van der Waals surface area contributed by atoms with Gasteiger partial charge in [-0.05, 0) is 69.9 Å². The molecule has 6 nitrogen and oxygen atoms in total. The van der Waals surface area contributed by atoms with Crippen LogP contribution in [0.3, 0.4) is 0 Å². The van der Waals surface area contributed by atoms with E-state index in [1.807, 2.05) is 26.8 Å². The molecule has 4 rings (SSSR count). The summed E-state index contributed by atoms with van der Waals surface area (Å²) in [5.74, 6) is 6.46. The Hall–Kier alpha value is -1.66. The van der Waals surface area contributed by atoms with Gasteiger partial charge in [0.25, 0.3) is 0 Å². The Morgan fingerprint density at radius 3 is 2.51 bits per heavy atom. The van der Waals surface area contributed by atoms with Crippen molar-refractivity contribution in [3.05, 3.63) is 27.0 Å². The summed E-state index contributed by atoms with van der Waals surface area (Å²) in [4.78, 5) is 13.2. The molecular weight excluding hydrogens is 482 g/mol. The fourth-order valence-corrected chi connectivity index (χ4v) is 7.95. The van der Waals surface area contributed by atoms with Crippen molar-refractivity contribution in [2.75, 3.05) is 26.3 Å². The number of rotatable bonds is 5. The van der Waals surface area contributed by atoms with Crippen LogP contribution in [0.25, 0.3) is 5.57 Å². The topological polar surface area (TPSA) is 83.9 Å². The molecule has 1 saturated carbocycles. The summed E-state index contributed by atoms with van der Waals surface area (Å²) in [7, 11) is -3.52. The minimum atomic E-state index is -3.52. The second kappa shape index (κ2) is 10.4. The summed E-state index contributed by atoms with van der Waals surface area (Å²) in [6, 6.07) is 1.88. The Morgan fingerprint density at radius 1 is 1.20 bits per heavy atom. The number of thiophene rings is 1. The van der Waals surface area contributed by atoms with Crippen LogP contribution in [0.5, 0.6) is 0 Å². The number of nitrogens with zero attached hydrogens (tertiary/aromatic N) is 1. The third-order valence-corrected chi connectivity index (χ3v) is 10.6. The largest absolute Gasteiger partial charge is 0.477 e. The van der Waals surface area contributed by atoms with Gasteiger partial charge in [0.05, 0.1) is 11.5 Å². The van der Waals surface area contributed by atoms with Crippen LogP contribution in [-0.2, 0) is 14.8 Å². The van der Waals surface area contributed by atoms with Crippen LogP contribution in [-0.4, -0.2) is 55.4 Å². The number of carbonyl (C=O) groups is 1. The first kappa shape index (κ1) is 26.4. The highest BCUT2D eigenvalue weighted by Crippen LogP contribution is 2.43. The zero-order valence-electron chi connectivity index (χ0n) is 21.2. The quantitative estimate of drug-likeness (QED) is 0.537. The molecule has 1 atom stereocenters. The van der Waals surface area contributed by atoms with E-state index in [-0.39, 0.29) is 23.4 Å². The summed E-state index contributed by atoms with van der Waals surface area (Å²) in [5.41, 5.74) is 2.59. The van der Waals surface area contributed by atoms with Gasteiger partial charge in [-0.2, -0.15) is 4.31 Å². The van der Waals surface area contributed by atoms with E-state index in [2.05, 4.69) is 18.8 Å². The molecule has 1 aromatic heterocycles. The first-order valence-corrected chi connectivity index (χ1v) is 15.0. The van der Waals surface area contributed by atoms with Crippen LogP contribution >= 0.6 is 11.3 Å². The van der Waals surface area contributed by atoms with Crippen LogP contribution in [0, 0.1) is 29.1 Å². The minimum Gasteiger partial charge on any atom is -0.477 e. The fourth-order valence-electron chi connectivity index (χ4n) is 5.33. The second-order valence-corrected chi connectivity index (χ2v) is 14.5. The molecule has 0 spiro atoms. The molecule has 3 heterocycles. The highest BCUT2D eigenvalue weighted by molar-refractivity contribution is 7.89. The van der Waals surface area contributed by atoms with E-state index in [1.165, 1.54) is 16.9 Å². The molecule has 2 fully saturated rings. The Kier molecular flexibility index (Phi) is 7.82. The van der Waals surface area contributed by atoms with E-state index < -0.39 is 21.2 Å². The SMILES string of the molecule is CC1CCC(C2=C(c3cc(C#CC(C)(C)C)sc3C(=O)O)CN(S(=O)(=O)C3CCOC3)CC2)CC1. The highest BCUT2D eigenvalue weighted by Gasteiger charge is 2.39. The Balaban J connectivity index is 1.77. The van der Waals surface area contributed by atoms with Gasteiger partial charge in [0, 0.05) is 30.7 Å². The lowest BCUT2D eigenvalue weighted by Gasteiger charge is -2.37. The Bertz CT molecular complexity index is 1150. The molecule has 0 bridgehead atoms. The maximum absolute atomic E-state index is 13.4. The molecule has 0 aromatic carbocycles. The minimum absolute atomic E-state index is 0.199. The predicted molar refractivity (Wildman–Crippen MR) is 140 cm³/mol. The van der Waals surface area contributed by atoms with Crippen LogP contribution in [0.4, 0.5) is 0 Å². The number of hydrogen-bond acceptors (Lipinski definition) is 5. The summed E-state index contributed by atoms with van der Waals surface area (Å²) >= 11 is 1.19. The zero-order valence-corrected chi connectivity index (χ0v) is 22.9. The normalized spacial score (nSPS) is 26.5. The standard InChI is InChI=1S/C27H37NO5S2/c1-18-5-7-19(8-6-18)22-10-13-28(35(31,32)21-11-14-33-17-21)16-24(22)23-15-20(9-12-27(2,3)4)34-25(23)26(29)30/h15,18-19,21H,5-8,10-11,13-14,16-17H2,1-4H3,(H,29,30). The van der Waals surface area contributed by atoms with Crippen molar-refractivity contribution in [1.82, 2.24) is 4.31 Å². The molecule has 1 aliphatic carbocycles. The van der Waals surface area contributed by atoms with E-state index in [9.17, 15) is 18.3 Å². The smallest absolute Gasteiger partial charge is 0.346 e. The summed E-state index contributed by atoms with van der Waals surface area (Å²) in [5, 5.41) is 9.54. The number of hydrogen-bond donors (Lipinski definition) is 1. The number of sulfonamides is 1. The Labute approximate surface area is 213 Å². The van der Waals surface area contributed by atoms with E-state index >= 15 is 0 Å². The van der Waals surface area contributed by atoms with Crippen molar-refractivity contribution in [3.63, 3.8) is 0 Å². The number of carboxylic acid groups (broad SMARTS) is 1. The maximum Gasteiger partial charge on any atom is 0.346 e. The van der Waals surface area contributed by atoms with E-state index in [4.69, 9.17) is 4.74 Å². The number of carboxylic acids is 1. The molecule has 35 heavy (non-hydrogen) atoms. The molecule has 1 saturated heterocycles. The molecule has 1 aromatic rings. The average molecular weight is 520 g/mol. The van der Waals surface area contributed by atoms with Gasteiger partial charge < -0.3 is 9.84 Å². The molecular formula is C27H37NO5S2. The summed E-state index contributed by atoms with van der Waals surface area (Å²) in [6.45, 7) is 9.73. The molecule has 1 unspecified atom stereocenters. The van der Waals surface area contributed by atoms with Crippen molar-refractivity contribution in [3.8, 4) is 11.8 Å². The van der Waals surface area contributed by atoms with E-state index in [1.54, 1.807) is 4.31 Å². The van der Waals surface area contributed by atoms with Gasteiger partial charge in [0.1, 0.15) is 10.1 Å². The highest BCUT2D eigenvalue weighted by atomic mass is 32.2. The van der Waals surface area contributed by atoms with Crippen LogP contribution in [0.1, 0.15) is 86.3 Å². The molecule has 2 aliphatic heterocycles. The summed E-state index contributed by atoms with van der Waals surface area (Å²) in [6.07, 6.45) is 5.62. The molecule has 192 valence electrons. The van der Waals surface area contributed by atoms with Crippen LogP contribution < -0.4 is 0 Å². The first-order valence-electron chi connectivity index (χ1n) is 12.6. The van der Waals surface area contributed by atoms with Gasteiger partial charge in [-0.25, -0.2) is 13.2 Å².